The van der Waals surface area contributed by atoms with Gasteiger partial charge in [0, 0.05) is 6.04 Å². The first-order valence-corrected chi connectivity index (χ1v) is 5.18. The minimum Gasteiger partial charge on any atom is -0.346 e. The Morgan fingerprint density at radius 2 is 2.15 bits per heavy atom. The van der Waals surface area contributed by atoms with Crippen molar-refractivity contribution in [3.63, 3.8) is 0 Å². The molecule has 5 heteroatoms. The van der Waals surface area contributed by atoms with E-state index in [1.54, 1.807) is 0 Å². The van der Waals surface area contributed by atoms with Crippen LogP contribution in [0, 0.1) is 0 Å². The lowest BCUT2D eigenvalue weighted by Crippen LogP contribution is -2.41. The standard InChI is InChI=1S/C8H10Cl3NO/c9-8(10,11)7(13)12-6-4-2-1-3-5-6/h2,4,6H,1,3,5H2,(H,12,13). The van der Waals surface area contributed by atoms with Crippen LogP contribution in [0.25, 0.3) is 0 Å². The van der Waals surface area contributed by atoms with Gasteiger partial charge in [-0.3, -0.25) is 4.79 Å². The van der Waals surface area contributed by atoms with Crippen LogP contribution in [0.2, 0.25) is 0 Å². The molecule has 0 aromatic rings. The fourth-order valence-corrected chi connectivity index (χ4v) is 1.35. The Kier molecular flexibility index (Phi) is 3.89. The molecule has 2 nitrogen and oxygen atoms in total. The molecule has 1 rings (SSSR count). The van der Waals surface area contributed by atoms with Crippen LogP contribution in [0.5, 0.6) is 0 Å². The fourth-order valence-electron chi connectivity index (χ4n) is 1.18. The molecule has 0 bridgehead atoms. The van der Waals surface area contributed by atoms with Crippen molar-refractivity contribution in [1.82, 2.24) is 5.32 Å². The van der Waals surface area contributed by atoms with Crippen LogP contribution in [0.3, 0.4) is 0 Å². The summed E-state index contributed by atoms with van der Waals surface area (Å²) in [6.07, 6.45) is 6.97. The number of carbonyl (C=O) groups is 1. The Labute approximate surface area is 92.2 Å². The highest BCUT2D eigenvalue weighted by Crippen LogP contribution is 2.26. The number of allylic oxidation sites excluding steroid dienone is 1. The van der Waals surface area contributed by atoms with Crippen LogP contribution >= 0.6 is 34.8 Å². The zero-order valence-electron chi connectivity index (χ0n) is 6.90. The van der Waals surface area contributed by atoms with Crippen LogP contribution in [0.1, 0.15) is 19.3 Å². The molecule has 1 N–H and O–H groups in total. The normalized spacial score (nSPS) is 22.8. The molecule has 0 saturated carbocycles. The number of amides is 1. The molecule has 13 heavy (non-hydrogen) atoms. The van der Waals surface area contributed by atoms with Crippen LogP contribution in [-0.2, 0) is 4.79 Å². The molecule has 0 saturated heterocycles. The average molecular weight is 243 g/mol. The van der Waals surface area contributed by atoms with E-state index in [0.717, 1.165) is 19.3 Å². The SMILES string of the molecule is O=C(NC1C=CCCC1)C(Cl)(Cl)Cl. The first kappa shape index (κ1) is 11.2. The summed E-state index contributed by atoms with van der Waals surface area (Å²) in [5.74, 6) is -0.561. The molecule has 0 heterocycles. The van der Waals surface area contributed by atoms with Crippen LogP contribution in [-0.4, -0.2) is 15.7 Å². The molecular weight excluding hydrogens is 232 g/mol. The largest absolute Gasteiger partial charge is 0.346 e. The van der Waals surface area contributed by atoms with Crippen LogP contribution in [0.15, 0.2) is 12.2 Å². The summed E-state index contributed by atoms with van der Waals surface area (Å²) in [7, 11) is 0. The molecule has 1 aliphatic rings. The van der Waals surface area contributed by atoms with Gasteiger partial charge in [-0.1, -0.05) is 47.0 Å². The number of halogens is 3. The van der Waals surface area contributed by atoms with E-state index in [4.69, 9.17) is 34.8 Å². The summed E-state index contributed by atoms with van der Waals surface area (Å²) in [6, 6.07) is 0.0110. The Hall–Kier alpha value is 0.0800. The number of nitrogens with one attached hydrogen (secondary N) is 1. The summed E-state index contributed by atoms with van der Waals surface area (Å²) in [6.45, 7) is 0. The Bertz CT molecular complexity index is 222. The van der Waals surface area contributed by atoms with E-state index in [0.29, 0.717) is 0 Å². The summed E-state index contributed by atoms with van der Waals surface area (Å²) >= 11 is 16.2. The van der Waals surface area contributed by atoms with Gasteiger partial charge < -0.3 is 5.32 Å². The smallest absolute Gasteiger partial charge is 0.272 e. The van der Waals surface area contributed by atoms with Crippen molar-refractivity contribution in [2.75, 3.05) is 0 Å². The fraction of sp³-hybridized carbons (Fsp3) is 0.625. The predicted molar refractivity (Wildman–Crippen MR) is 55.2 cm³/mol. The lowest BCUT2D eigenvalue weighted by atomic mass is 10.0. The van der Waals surface area contributed by atoms with Crippen LogP contribution < -0.4 is 5.32 Å². The maximum absolute atomic E-state index is 11.2. The summed E-state index contributed by atoms with van der Waals surface area (Å²) in [5, 5.41) is 2.64. The lowest BCUT2D eigenvalue weighted by molar-refractivity contribution is -0.120. The van der Waals surface area contributed by atoms with E-state index in [1.807, 2.05) is 12.2 Å². The highest BCUT2D eigenvalue weighted by molar-refractivity contribution is 6.76. The lowest BCUT2D eigenvalue weighted by Gasteiger charge is -2.20. The van der Waals surface area contributed by atoms with Gasteiger partial charge in [0.15, 0.2) is 0 Å². The van der Waals surface area contributed by atoms with E-state index >= 15 is 0 Å². The van der Waals surface area contributed by atoms with Gasteiger partial charge in [-0.15, -0.1) is 0 Å². The Morgan fingerprint density at radius 1 is 1.46 bits per heavy atom. The Balaban J connectivity index is 2.44. The van der Waals surface area contributed by atoms with Gasteiger partial charge in [0.05, 0.1) is 0 Å². The second-order valence-corrected chi connectivity index (χ2v) is 5.22. The van der Waals surface area contributed by atoms with Crippen molar-refractivity contribution in [2.24, 2.45) is 0 Å². The highest BCUT2D eigenvalue weighted by Gasteiger charge is 2.31. The number of hydrogen-bond donors (Lipinski definition) is 1. The van der Waals surface area contributed by atoms with Gasteiger partial charge in [0.1, 0.15) is 0 Å². The second-order valence-electron chi connectivity index (χ2n) is 2.94. The number of rotatable bonds is 1. The molecule has 1 atom stereocenters. The van der Waals surface area contributed by atoms with E-state index in [1.165, 1.54) is 0 Å². The van der Waals surface area contributed by atoms with E-state index in [9.17, 15) is 4.79 Å². The molecular formula is C8H10Cl3NO. The third kappa shape index (κ3) is 3.75. The molecule has 0 aromatic carbocycles. The predicted octanol–water partition coefficient (Wildman–Crippen LogP) is 2.58. The van der Waals surface area contributed by atoms with Gasteiger partial charge >= 0.3 is 0 Å². The molecule has 1 aliphatic carbocycles. The van der Waals surface area contributed by atoms with Crippen molar-refractivity contribution in [2.45, 2.75) is 29.1 Å². The molecule has 0 aromatic heterocycles. The van der Waals surface area contributed by atoms with Gasteiger partial charge in [-0.05, 0) is 19.3 Å². The maximum Gasteiger partial charge on any atom is 0.272 e. The number of carbonyl (C=O) groups excluding carboxylic acids is 1. The number of alkyl halides is 3. The zero-order chi connectivity index (χ0) is 9.90. The maximum atomic E-state index is 11.2. The monoisotopic (exact) mass is 241 g/mol. The molecule has 0 fully saturated rings. The van der Waals surface area contributed by atoms with Crippen molar-refractivity contribution in [3.05, 3.63) is 12.2 Å². The summed E-state index contributed by atoms with van der Waals surface area (Å²) < 4.78 is -1.86. The van der Waals surface area contributed by atoms with E-state index in [2.05, 4.69) is 5.32 Å². The van der Waals surface area contributed by atoms with Gasteiger partial charge in [0.25, 0.3) is 9.70 Å². The van der Waals surface area contributed by atoms with Gasteiger partial charge in [0.2, 0.25) is 0 Å². The molecule has 0 spiro atoms. The zero-order valence-corrected chi connectivity index (χ0v) is 9.16. The van der Waals surface area contributed by atoms with Gasteiger partial charge in [-0.2, -0.15) is 0 Å². The molecule has 1 amide bonds. The van der Waals surface area contributed by atoms with Crippen molar-refractivity contribution in [1.29, 1.82) is 0 Å². The molecule has 0 aliphatic heterocycles. The molecule has 74 valence electrons. The van der Waals surface area contributed by atoms with E-state index in [-0.39, 0.29) is 6.04 Å². The Morgan fingerprint density at radius 3 is 2.62 bits per heavy atom. The number of hydrogen-bond acceptors (Lipinski definition) is 1. The third-order valence-corrected chi connectivity index (χ3v) is 2.34. The summed E-state index contributed by atoms with van der Waals surface area (Å²) in [5.41, 5.74) is 0. The van der Waals surface area contributed by atoms with Crippen LogP contribution in [0.4, 0.5) is 0 Å². The van der Waals surface area contributed by atoms with Crippen molar-refractivity contribution in [3.8, 4) is 0 Å². The minimum atomic E-state index is -1.86. The quantitative estimate of drug-likeness (QED) is 0.556. The summed E-state index contributed by atoms with van der Waals surface area (Å²) in [4.78, 5) is 11.2. The van der Waals surface area contributed by atoms with Crippen molar-refractivity contribution < 1.29 is 4.79 Å². The molecule has 1 unspecified atom stereocenters. The first-order chi connectivity index (χ1) is 6.00. The van der Waals surface area contributed by atoms with Crippen molar-refractivity contribution >= 4 is 40.7 Å². The molecule has 0 radical (unpaired) electrons. The third-order valence-electron chi connectivity index (χ3n) is 1.83. The topological polar surface area (TPSA) is 29.1 Å². The minimum absolute atomic E-state index is 0.0110. The van der Waals surface area contributed by atoms with Gasteiger partial charge in [-0.25, -0.2) is 0 Å². The van der Waals surface area contributed by atoms with E-state index < -0.39 is 9.70 Å². The average Bonchev–Trinajstić information content (AvgIpc) is 2.04. The first-order valence-electron chi connectivity index (χ1n) is 4.04. The second kappa shape index (κ2) is 4.54. The highest BCUT2D eigenvalue weighted by atomic mass is 35.6.